The fraction of sp³-hybridized carbons (Fsp3) is 0.652. The molecule has 2 fully saturated rings. The molecule has 3 aliphatic rings. The fourth-order valence-corrected chi connectivity index (χ4v) is 4.82. The van der Waals surface area contributed by atoms with Crippen molar-refractivity contribution in [1.82, 2.24) is 0 Å². The van der Waals surface area contributed by atoms with Gasteiger partial charge >= 0.3 is 0 Å². The SMILES string of the molecule is C[NH+]1CC[NH+](CC#C[C@]2(C)CC[C@H]3[C@H](O2)c2ccccc2OC3(C)C)CC1. The van der Waals surface area contributed by atoms with E-state index in [0.717, 1.165) is 25.1 Å². The van der Waals surface area contributed by atoms with Gasteiger partial charge in [0.25, 0.3) is 0 Å². The highest BCUT2D eigenvalue weighted by Gasteiger charge is 2.49. The Hall–Kier alpha value is -1.54. The van der Waals surface area contributed by atoms with Crippen LogP contribution in [0.5, 0.6) is 5.75 Å². The third kappa shape index (κ3) is 3.87. The summed E-state index contributed by atoms with van der Waals surface area (Å²) < 4.78 is 13.0. The van der Waals surface area contributed by atoms with Crippen molar-refractivity contribution >= 4 is 0 Å². The van der Waals surface area contributed by atoms with Crippen LogP contribution < -0.4 is 14.5 Å². The molecule has 146 valence electrons. The normalized spacial score (nSPS) is 37.2. The molecule has 0 unspecified atom stereocenters. The van der Waals surface area contributed by atoms with Crippen molar-refractivity contribution in [3.05, 3.63) is 29.8 Å². The molecule has 2 saturated heterocycles. The maximum atomic E-state index is 6.68. The maximum absolute atomic E-state index is 6.68. The largest absolute Gasteiger partial charge is 0.487 e. The number of quaternary nitrogens is 2. The second kappa shape index (κ2) is 7.13. The van der Waals surface area contributed by atoms with Crippen LogP contribution in [0.25, 0.3) is 0 Å². The fourth-order valence-electron chi connectivity index (χ4n) is 4.82. The Morgan fingerprint density at radius 2 is 1.85 bits per heavy atom. The van der Waals surface area contributed by atoms with Crippen LogP contribution in [0.2, 0.25) is 0 Å². The highest BCUT2D eigenvalue weighted by Crippen LogP contribution is 2.52. The predicted octanol–water partition coefficient (Wildman–Crippen LogP) is 0.501. The van der Waals surface area contributed by atoms with E-state index < -0.39 is 0 Å². The van der Waals surface area contributed by atoms with Gasteiger partial charge in [0.05, 0.1) is 13.2 Å². The Morgan fingerprint density at radius 3 is 2.63 bits per heavy atom. The lowest BCUT2D eigenvalue weighted by atomic mass is 9.73. The summed E-state index contributed by atoms with van der Waals surface area (Å²) in [6, 6.07) is 8.33. The zero-order valence-corrected chi connectivity index (χ0v) is 17.2. The Morgan fingerprint density at radius 1 is 1.11 bits per heavy atom. The van der Waals surface area contributed by atoms with Crippen LogP contribution in [-0.2, 0) is 4.74 Å². The number of hydrogen-bond acceptors (Lipinski definition) is 2. The van der Waals surface area contributed by atoms with Crippen LogP contribution in [0.4, 0.5) is 0 Å². The van der Waals surface area contributed by atoms with Gasteiger partial charge in [0.2, 0.25) is 0 Å². The average molecular weight is 371 g/mol. The molecule has 0 radical (unpaired) electrons. The minimum absolute atomic E-state index is 0.0672. The van der Waals surface area contributed by atoms with Gasteiger partial charge in [-0.05, 0) is 45.6 Å². The smallest absolute Gasteiger partial charge is 0.139 e. The number of fused-ring (bicyclic) bond motifs is 3. The number of hydrogen-bond donors (Lipinski definition) is 2. The summed E-state index contributed by atoms with van der Waals surface area (Å²) >= 11 is 0. The molecule has 1 aromatic carbocycles. The highest BCUT2D eigenvalue weighted by molar-refractivity contribution is 5.39. The first kappa shape index (κ1) is 18.8. The summed E-state index contributed by atoms with van der Waals surface area (Å²) in [5, 5.41) is 0. The Bertz CT molecular complexity index is 742. The molecular weight excluding hydrogens is 336 g/mol. The number of ether oxygens (including phenoxy) is 2. The number of benzene rings is 1. The number of nitrogens with one attached hydrogen (secondary N) is 2. The van der Waals surface area contributed by atoms with E-state index in [2.05, 4.69) is 57.9 Å². The molecule has 0 aliphatic carbocycles. The van der Waals surface area contributed by atoms with Crippen LogP contribution in [-0.4, -0.2) is 51.0 Å². The van der Waals surface area contributed by atoms with Crippen molar-refractivity contribution in [3.63, 3.8) is 0 Å². The van der Waals surface area contributed by atoms with Gasteiger partial charge in [0.1, 0.15) is 49.7 Å². The molecule has 0 amide bonds. The third-order valence-electron chi connectivity index (χ3n) is 6.68. The molecule has 3 heterocycles. The molecule has 0 aromatic heterocycles. The lowest BCUT2D eigenvalue weighted by Gasteiger charge is -2.50. The molecule has 0 bridgehead atoms. The Kier molecular flexibility index (Phi) is 4.96. The van der Waals surface area contributed by atoms with Crippen molar-refractivity contribution in [2.24, 2.45) is 5.92 Å². The third-order valence-corrected chi connectivity index (χ3v) is 6.68. The Labute approximate surface area is 163 Å². The standard InChI is InChI=1S/C23H32N2O2/c1-22(2)19-10-12-23(3,11-7-13-25-16-14-24(4)15-17-25)27-21(19)18-8-5-6-9-20(18)26-22/h5-6,8-9,19,21H,10,12-17H2,1-4H3/p+2/t19-,21+,23+/m0/s1. The second-order valence-corrected chi connectivity index (χ2v) is 9.34. The number of rotatable bonds is 1. The Balaban J connectivity index is 1.49. The minimum Gasteiger partial charge on any atom is -0.487 e. The van der Waals surface area contributed by atoms with Gasteiger partial charge in [0.15, 0.2) is 0 Å². The van der Waals surface area contributed by atoms with Gasteiger partial charge in [-0.15, -0.1) is 0 Å². The number of piperazine rings is 1. The van der Waals surface area contributed by atoms with Crippen LogP contribution in [0.3, 0.4) is 0 Å². The monoisotopic (exact) mass is 370 g/mol. The van der Waals surface area contributed by atoms with Crippen LogP contribution in [0.15, 0.2) is 24.3 Å². The molecule has 0 spiro atoms. The summed E-state index contributed by atoms with van der Waals surface area (Å²) in [6.45, 7) is 12.4. The molecule has 27 heavy (non-hydrogen) atoms. The van der Waals surface area contributed by atoms with Crippen LogP contribution in [0, 0.1) is 17.8 Å². The average Bonchev–Trinajstić information content (AvgIpc) is 2.63. The molecule has 4 rings (SSSR count). The van der Waals surface area contributed by atoms with Crippen molar-refractivity contribution in [1.29, 1.82) is 0 Å². The van der Waals surface area contributed by atoms with E-state index in [1.807, 2.05) is 6.07 Å². The first-order valence-corrected chi connectivity index (χ1v) is 10.5. The molecule has 0 saturated carbocycles. The molecule has 4 nitrogen and oxygen atoms in total. The first-order valence-electron chi connectivity index (χ1n) is 10.5. The van der Waals surface area contributed by atoms with E-state index in [9.17, 15) is 0 Å². The predicted molar refractivity (Wildman–Crippen MR) is 106 cm³/mol. The van der Waals surface area contributed by atoms with Gasteiger partial charge in [-0.2, -0.15) is 0 Å². The summed E-state index contributed by atoms with van der Waals surface area (Å²) in [6.07, 6.45) is 2.12. The van der Waals surface area contributed by atoms with E-state index in [1.54, 1.807) is 9.80 Å². The molecular formula is C23H34N2O2+2. The summed E-state index contributed by atoms with van der Waals surface area (Å²) in [5.74, 6) is 8.31. The molecule has 3 atom stereocenters. The highest BCUT2D eigenvalue weighted by atomic mass is 16.5. The molecule has 1 aromatic rings. The van der Waals surface area contributed by atoms with Gasteiger partial charge in [0, 0.05) is 11.5 Å². The van der Waals surface area contributed by atoms with Crippen LogP contribution in [0.1, 0.15) is 45.3 Å². The minimum atomic E-state index is -0.362. The maximum Gasteiger partial charge on any atom is 0.139 e. The van der Waals surface area contributed by atoms with Gasteiger partial charge in [-0.1, -0.05) is 24.1 Å². The second-order valence-electron chi connectivity index (χ2n) is 9.34. The van der Waals surface area contributed by atoms with Crippen molar-refractivity contribution in [3.8, 4) is 17.6 Å². The van der Waals surface area contributed by atoms with E-state index in [1.165, 1.54) is 31.7 Å². The first-order chi connectivity index (χ1) is 12.9. The van der Waals surface area contributed by atoms with Crippen molar-refractivity contribution in [2.45, 2.75) is 50.9 Å². The quantitative estimate of drug-likeness (QED) is 0.705. The van der Waals surface area contributed by atoms with Crippen molar-refractivity contribution < 1.29 is 19.3 Å². The van der Waals surface area contributed by atoms with E-state index >= 15 is 0 Å². The lowest BCUT2D eigenvalue weighted by Crippen LogP contribution is -3.26. The molecule has 3 aliphatic heterocycles. The summed E-state index contributed by atoms with van der Waals surface area (Å²) in [5.41, 5.74) is 0.612. The lowest BCUT2D eigenvalue weighted by molar-refractivity contribution is -1.000. The van der Waals surface area contributed by atoms with E-state index in [4.69, 9.17) is 9.47 Å². The summed E-state index contributed by atoms with van der Waals surface area (Å²) in [4.78, 5) is 3.25. The molecule has 4 heteroatoms. The molecule has 2 N–H and O–H groups in total. The van der Waals surface area contributed by atoms with Gasteiger partial charge in [-0.3, -0.25) is 0 Å². The van der Waals surface area contributed by atoms with E-state index in [0.29, 0.717) is 5.92 Å². The van der Waals surface area contributed by atoms with Crippen LogP contribution >= 0.6 is 0 Å². The van der Waals surface area contributed by atoms with Gasteiger partial charge < -0.3 is 19.3 Å². The van der Waals surface area contributed by atoms with Crippen molar-refractivity contribution in [2.75, 3.05) is 39.8 Å². The zero-order valence-electron chi connectivity index (χ0n) is 17.2. The topological polar surface area (TPSA) is 27.3 Å². The number of likely N-dealkylation sites (N-methyl/N-ethyl adjacent to an activating group) is 1. The van der Waals surface area contributed by atoms with Gasteiger partial charge in [-0.25, -0.2) is 0 Å². The summed E-state index contributed by atoms with van der Waals surface area (Å²) in [7, 11) is 2.28. The zero-order chi connectivity index (χ0) is 19.1. The number of para-hydroxylation sites is 1. The van der Waals surface area contributed by atoms with E-state index in [-0.39, 0.29) is 17.3 Å².